The molecule has 0 aliphatic heterocycles. The second kappa shape index (κ2) is 8.18. The standard InChI is InChI=1S/C18H28N2O/c1-2-3-4-6-14-9-11-17(12-10-14)20-18(21)15-7-5-8-16(19)13-15/h9-12,15-16H,2-8,13,19H2,1H3,(H,20,21). The van der Waals surface area contributed by atoms with Gasteiger partial charge in [-0.25, -0.2) is 0 Å². The van der Waals surface area contributed by atoms with Gasteiger partial charge in [0, 0.05) is 17.6 Å². The molecule has 0 bridgehead atoms. The Kier molecular flexibility index (Phi) is 6.24. The molecule has 3 nitrogen and oxygen atoms in total. The molecule has 0 spiro atoms. The van der Waals surface area contributed by atoms with Crippen LogP contribution in [0, 0.1) is 5.92 Å². The topological polar surface area (TPSA) is 55.1 Å². The number of anilines is 1. The number of rotatable bonds is 6. The van der Waals surface area contributed by atoms with Crippen molar-refractivity contribution in [2.75, 3.05) is 5.32 Å². The molecule has 116 valence electrons. The first-order valence-electron chi connectivity index (χ1n) is 8.34. The first-order valence-corrected chi connectivity index (χ1v) is 8.34. The van der Waals surface area contributed by atoms with E-state index in [1.54, 1.807) is 0 Å². The minimum atomic E-state index is 0.0815. The lowest BCUT2D eigenvalue weighted by molar-refractivity contribution is -0.120. The van der Waals surface area contributed by atoms with E-state index in [4.69, 9.17) is 5.73 Å². The number of nitrogens with one attached hydrogen (secondary N) is 1. The zero-order chi connectivity index (χ0) is 15.1. The van der Waals surface area contributed by atoms with Crippen LogP contribution in [0.3, 0.4) is 0 Å². The van der Waals surface area contributed by atoms with E-state index in [0.29, 0.717) is 0 Å². The highest BCUT2D eigenvalue weighted by Gasteiger charge is 2.25. The molecule has 3 heteroatoms. The minimum Gasteiger partial charge on any atom is -0.328 e. The summed E-state index contributed by atoms with van der Waals surface area (Å²) < 4.78 is 0. The Morgan fingerprint density at radius 1 is 1.24 bits per heavy atom. The van der Waals surface area contributed by atoms with Gasteiger partial charge in [-0.15, -0.1) is 0 Å². The van der Waals surface area contributed by atoms with E-state index in [9.17, 15) is 4.79 Å². The second-order valence-electron chi connectivity index (χ2n) is 6.27. The summed E-state index contributed by atoms with van der Waals surface area (Å²) >= 11 is 0. The van der Waals surface area contributed by atoms with Crippen molar-refractivity contribution in [2.45, 2.75) is 64.3 Å². The van der Waals surface area contributed by atoms with Gasteiger partial charge in [0.25, 0.3) is 0 Å². The van der Waals surface area contributed by atoms with Crippen LogP contribution in [0.25, 0.3) is 0 Å². The Bertz CT molecular complexity index is 441. The van der Waals surface area contributed by atoms with Gasteiger partial charge in [0.05, 0.1) is 0 Å². The third-order valence-corrected chi connectivity index (χ3v) is 4.38. The van der Waals surface area contributed by atoms with E-state index in [0.717, 1.165) is 37.8 Å². The molecule has 0 aromatic heterocycles. The Morgan fingerprint density at radius 2 is 2.00 bits per heavy atom. The van der Waals surface area contributed by atoms with E-state index < -0.39 is 0 Å². The lowest BCUT2D eigenvalue weighted by atomic mass is 9.85. The van der Waals surface area contributed by atoms with Gasteiger partial charge in [0.2, 0.25) is 5.91 Å². The number of amides is 1. The molecule has 21 heavy (non-hydrogen) atoms. The number of unbranched alkanes of at least 4 members (excludes halogenated alkanes) is 2. The van der Waals surface area contributed by atoms with Crippen LogP contribution in [-0.2, 0) is 11.2 Å². The number of carbonyl (C=O) groups excluding carboxylic acids is 1. The molecular formula is C18H28N2O. The predicted molar refractivity (Wildman–Crippen MR) is 88.2 cm³/mol. The summed E-state index contributed by atoms with van der Waals surface area (Å²) in [6.45, 7) is 2.22. The number of carbonyl (C=O) groups is 1. The van der Waals surface area contributed by atoms with Crippen molar-refractivity contribution < 1.29 is 4.79 Å². The maximum Gasteiger partial charge on any atom is 0.227 e. The van der Waals surface area contributed by atoms with Crippen molar-refractivity contribution in [1.29, 1.82) is 0 Å². The average molecular weight is 288 g/mol. The number of hydrogen-bond acceptors (Lipinski definition) is 2. The minimum absolute atomic E-state index is 0.0815. The Labute approximate surface area is 128 Å². The highest BCUT2D eigenvalue weighted by Crippen LogP contribution is 2.24. The number of hydrogen-bond donors (Lipinski definition) is 2. The van der Waals surface area contributed by atoms with Gasteiger partial charge in [-0.3, -0.25) is 4.79 Å². The average Bonchev–Trinajstić information content (AvgIpc) is 2.49. The molecule has 1 aliphatic carbocycles. The van der Waals surface area contributed by atoms with Crippen LogP contribution in [-0.4, -0.2) is 11.9 Å². The van der Waals surface area contributed by atoms with Gasteiger partial charge >= 0.3 is 0 Å². The molecule has 1 aromatic rings. The molecule has 1 fully saturated rings. The summed E-state index contributed by atoms with van der Waals surface area (Å²) in [4.78, 5) is 12.2. The normalized spacial score (nSPS) is 22.0. The number of nitrogens with two attached hydrogens (primary N) is 1. The van der Waals surface area contributed by atoms with Gasteiger partial charge in [0.1, 0.15) is 0 Å². The van der Waals surface area contributed by atoms with E-state index in [-0.39, 0.29) is 17.9 Å². The fraction of sp³-hybridized carbons (Fsp3) is 0.611. The van der Waals surface area contributed by atoms with Crippen LogP contribution >= 0.6 is 0 Å². The molecule has 2 atom stereocenters. The molecule has 1 aliphatic rings. The van der Waals surface area contributed by atoms with Crippen molar-refractivity contribution in [2.24, 2.45) is 11.7 Å². The highest BCUT2D eigenvalue weighted by molar-refractivity contribution is 5.92. The van der Waals surface area contributed by atoms with Crippen molar-refractivity contribution in [3.8, 4) is 0 Å². The van der Waals surface area contributed by atoms with E-state index in [1.165, 1.54) is 24.8 Å². The molecular weight excluding hydrogens is 260 g/mol. The summed E-state index contributed by atoms with van der Waals surface area (Å²) in [6.07, 6.45) is 8.79. The molecule has 2 unspecified atom stereocenters. The van der Waals surface area contributed by atoms with Crippen LogP contribution in [0.5, 0.6) is 0 Å². The Hall–Kier alpha value is -1.35. The number of benzene rings is 1. The first-order chi connectivity index (χ1) is 10.2. The summed E-state index contributed by atoms with van der Waals surface area (Å²) in [5, 5.41) is 3.03. The fourth-order valence-electron chi connectivity index (χ4n) is 3.04. The third kappa shape index (κ3) is 5.16. The van der Waals surface area contributed by atoms with E-state index >= 15 is 0 Å². The van der Waals surface area contributed by atoms with Crippen molar-refractivity contribution in [3.63, 3.8) is 0 Å². The zero-order valence-electron chi connectivity index (χ0n) is 13.1. The van der Waals surface area contributed by atoms with Crippen LogP contribution < -0.4 is 11.1 Å². The van der Waals surface area contributed by atoms with Crippen molar-refractivity contribution in [1.82, 2.24) is 0 Å². The monoisotopic (exact) mass is 288 g/mol. The predicted octanol–water partition coefficient (Wildman–Crippen LogP) is 3.88. The highest BCUT2D eigenvalue weighted by atomic mass is 16.1. The first kappa shape index (κ1) is 16.0. The molecule has 0 heterocycles. The fourth-order valence-corrected chi connectivity index (χ4v) is 3.04. The van der Waals surface area contributed by atoms with E-state index in [1.807, 2.05) is 12.1 Å². The molecule has 3 N–H and O–H groups in total. The lowest BCUT2D eigenvalue weighted by Gasteiger charge is -2.25. The Morgan fingerprint density at radius 3 is 2.67 bits per heavy atom. The van der Waals surface area contributed by atoms with Crippen LogP contribution in [0.2, 0.25) is 0 Å². The van der Waals surface area contributed by atoms with Gasteiger partial charge in [0.15, 0.2) is 0 Å². The zero-order valence-corrected chi connectivity index (χ0v) is 13.1. The van der Waals surface area contributed by atoms with Gasteiger partial charge in [-0.2, -0.15) is 0 Å². The van der Waals surface area contributed by atoms with Crippen LogP contribution in [0.15, 0.2) is 24.3 Å². The summed E-state index contributed by atoms with van der Waals surface area (Å²) in [6, 6.07) is 8.47. The van der Waals surface area contributed by atoms with E-state index in [2.05, 4.69) is 24.4 Å². The largest absolute Gasteiger partial charge is 0.328 e. The lowest BCUT2D eigenvalue weighted by Crippen LogP contribution is -2.34. The molecule has 0 saturated heterocycles. The third-order valence-electron chi connectivity index (χ3n) is 4.38. The maximum absolute atomic E-state index is 12.2. The van der Waals surface area contributed by atoms with Crippen LogP contribution in [0.4, 0.5) is 5.69 Å². The van der Waals surface area contributed by atoms with Gasteiger partial charge < -0.3 is 11.1 Å². The van der Waals surface area contributed by atoms with Gasteiger partial charge in [-0.1, -0.05) is 38.3 Å². The number of aryl methyl sites for hydroxylation is 1. The maximum atomic E-state index is 12.2. The molecule has 2 rings (SSSR count). The van der Waals surface area contributed by atoms with Gasteiger partial charge in [-0.05, 0) is 49.8 Å². The molecule has 0 radical (unpaired) electrons. The quantitative estimate of drug-likeness (QED) is 0.781. The summed E-state index contributed by atoms with van der Waals surface area (Å²) in [5.41, 5.74) is 8.20. The van der Waals surface area contributed by atoms with Crippen LogP contribution in [0.1, 0.15) is 57.4 Å². The summed E-state index contributed by atoms with van der Waals surface area (Å²) in [5.74, 6) is 0.210. The Balaban J connectivity index is 1.83. The second-order valence-corrected chi connectivity index (χ2v) is 6.27. The molecule has 1 saturated carbocycles. The smallest absolute Gasteiger partial charge is 0.227 e. The van der Waals surface area contributed by atoms with Crippen molar-refractivity contribution >= 4 is 11.6 Å². The van der Waals surface area contributed by atoms with Crippen molar-refractivity contribution in [3.05, 3.63) is 29.8 Å². The molecule has 1 aromatic carbocycles. The SMILES string of the molecule is CCCCCc1ccc(NC(=O)C2CCCC(N)C2)cc1. The summed E-state index contributed by atoms with van der Waals surface area (Å²) in [7, 11) is 0. The molecule has 1 amide bonds.